The summed E-state index contributed by atoms with van der Waals surface area (Å²) in [5.74, 6) is 0. The quantitative estimate of drug-likeness (QED) is 0.683. The molecule has 13 heavy (non-hydrogen) atoms. The van der Waals surface area contributed by atoms with Crippen molar-refractivity contribution in [3.05, 3.63) is 0 Å². The van der Waals surface area contributed by atoms with Gasteiger partial charge < -0.3 is 10.2 Å². The maximum Gasteiger partial charge on any atom is 0.0194 e. The van der Waals surface area contributed by atoms with Gasteiger partial charge in [-0.15, -0.1) is 0 Å². The van der Waals surface area contributed by atoms with Crippen LogP contribution in [0.5, 0.6) is 0 Å². The molecule has 0 radical (unpaired) electrons. The Morgan fingerprint density at radius 1 is 1.15 bits per heavy atom. The fraction of sp³-hybridized carbons (Fsp3) is 1.00. The van der Waals surface area contributed by atoms with Crippen LogP contribution in [0, 0.1) is 0 Å². The van der Waals surface area contributed by atoms with Gasteiger partial charge in [-0.2, -0.15) is 0 Å². The lowest BCUT2D eigenvalue weighted by atomic mass is 10.1. The van der Waals surface area contributed by atoms with E-state index in [0.717, 1.165) is 6.54 Å². The molecule has 0 aliphatic rings. The summed E-state index contributed by atoms with van der Waals surface area (Å²) in [7, 11) is 2.19. The van der Waals surface area contributed by atoms with E-state index in [1.54, 1.807) is 0 Å². The number of hydrogen-bond donors (Lipinski definition) is 1. The predicted octanol–water partition coefficient (Wildman–Crippen LogP) is 2.10. The first-order chi connectivity index (χ1) is 5.97. The minimum Gasteiger partial charge on any atom is -0.311 e. The lowest BCUT2D eigenvalue weighted by Crippen LogP contribution is -2.44. The summed E-state index contributed by atoms with van der Waals surface area (Å²) in [6, 6.07) is 1.86. The molecular weight excluding hydrogens is 160 g/mol. The van der Waals surface area contributed by atoms with E-state index in [1.165, 1.54) is 6.42 Å². The van der Waals surface area contributed by atoms with E-state index < -0.39 is 0 Å². The average Bonchev–Trinajstić information content (AvgIpc) is 2.02. The molecule has 0 saturated carbocycles. The third kappa shape index (κ3) is 6.05. The minimum absolute atomic E-state index is 0.588. The Morgan fingerprint density at radius 2 is 1.69 bits per heavy atom. The van der Waals surface area contributed by atoms with Crippen molar-refractivity contribution < 1.29 is 0 Å². The smallest absolute Gasteiger partial charge is 0.0194 e. The molecular formula is C11H26N2. The number of likely N-dealkylation sites (N-methyl/N-ethyl adjacent to an activating group) is 1. The average molecular weight is 186 g/mol. The molecule has 0 aromatic carbocycles. The predicted molar refractivity (Wildman–Crippen MR) is 60.1 cm³/mol. The largest absolute Gasteiger partial charge is 0.311 e. The molecule has 1 N–H and O–H groups in total. The second kappa shape index (κ2) is 6.39. The van der Waals surface area contributed by atoms with E-state index in [0.29, 0.717) is 18.1 Å². The molecule has 0 fully saturated rings. The highest BCUT2D eigenvalue weighted by atomic mass is 15.1. The molecule has 1 unspecified atom stereocenters. The number of nitrogens with one attached hydrogen (secondary N) is 1. The van der Waals surface area contributed by atoms with Crippen molar-refractivity contribution >= 4 is 0 Å². The molecule has 0 amide bonds. The van der Waals surface area contributed by atoms with Crippen molar-refractivity contribution in [3.8, 4) is 0 Å². The molecule has 0 rings (SSSR count). The zero-order valence-corrected chi connectivity index (χ0v) is 10.1. The molecule has 2 nitrogen and oxygen atoms in total. The van der Waals surface area contributed by atoms with Gasteiger partial charge in [0.05, 0.1) is 0 Å². The van der Waals surface area contributed by atoms with Gasteiger partial charge in [-0.1, -0.05) is 20.8 Å². The Morgan fingerprint density at radius 3 is 2.00 bits per heavy atom. The van der Waals surface area contributed by atoms with Crippen LogP contribution in [0.2, 0.25) is 0 Å². The van der Waals surface area contributed by atoms with Gasteiger partial charge in [-0.05, 0) is 27.3 Å². The van der Waals surface area contributed by atoms with Crippen LogP contribution in [-0.2, 0) is 0 Å². The third-order valence-corrected chi connectivity index (χ3v) is 2.45. The molecule has 0 heterocycles. The Bertz CT molecular complexity index is 121. The van der Waals surface area contributed by atoms with Gasteiger partial charge in [0, 0.05) is 24.7 Å². The lowest BCUT2D eigenvalue weighted by Gasteiger charge is -2.28. The van der Waals surface area contributed by atoms with Gasteiger partial charge in [0.2, 0.25) is 0 Å². The second-order valence-corrected chi connectivity index (χ2v) is 4.46. The van der Waals surface area contributed by atoms with Gasteiger partial charge in [0.1, 0.15) is 0 Å². The first-order valence-corrected chi connectivity index (χ1v) is 5.43. The summed E-state index contributed by atoms with van der Waals surface area (Å²) in [6.45, 7) is 12.3. The Balaban J connectivity index is 3.83. The topological polar surface area (TPSA) is 15.3 Å². The van der Waals surface area contributed by atoms with Gasteiger partial charge in [0.25, 0.3) is 0 Å². The van der Waals surface area contributed by atoms with E-state index in [1.807, 2.05) is 0 Å². The maximum absolute atomic E-state index is 3.57. The zero-order chi connectivity index (χ0) is 10.4. The standard InChI is InChI=1S/C11H26N2/c1-7-11(12-9(2)3)8-13(6)10(4)5/h9-12H,7-8H2,1-6H3. The van der Waals surface area contributed by atoms with Gasteiger partial charge >= 0.3 is 0 Å². The van der Waals surface area contributed by atoms with Gasteiger partial charge in [-0.3, -0.25) is 0 Å². The third-order valence-electron chi connectivity index (χ3n) is 2.45. The van der Waals surface area contributed by atoms with Crippen molar-refractivity contribution in [3.63, 3.8) is 0 Å². The van der Waals surface area contributed by atoms with E-state index in [-0.39, 0.29) is 0 Å². The van der Waals surface area contributed by atoms with E-state index in [9.17, 15) is 0 Å². The highest BCUT2D eigenvalue weighted by Gasteiger charge is 2.11. The summed E-state index contributed by atoms with van der Waals surface area (Å²) >= 11 is 0. The molecule has 1 atom stereocenters. The van der Waals surface area contributed by atoms with Crippen molar-refractivity contribution in [2.24, 2.45) is 0 Å². The van der Waals surface area contributed by atoms with Crippen molar-refractivity contribution in [2.45, 2.75) is 59.2 Å². The summed E-state index contributed by atoms with van der Waals surface area (Å²) < 4.78 is 0. The monoisotopic (exact) mass is 186 g/mol. The summed E-state index contributed by atoms with van der Waals surface area (Å²) in [4.78, 5) is 2.39. The van der Waals surface area contributed by atoms with Crippen LogP contribution >= 0.6 is 0 Å². The molecule has 0 aliphatic heterocycles. The summed E-state index contributed by atoms with van der Waals surface area (Å²) in [5, 5.41) is 3.57. The summed E-state index contributed by atoms with van der Waals surface area (Å²) in [6.07, 6.45) is 1.20. The van der Waals surface area contributed by atoms with E-state index in [4.69, 9.17) is 0 Å². The molecule has 0 aromatic rings. The van der Waals surface area contributed by atoms with Crippen molar-refractivity contribution in [2.75, 3.05) is 13.6 Å². The fourth-order valence-corrected chi connectivity index (χ4v) is 1.33. The number of hydrogen-bond acceptors (Lipinski definition) is 2. The Kier molecular flexibility index (Phi) is 6.35. The zero-order valence-electron chi connectivity index (χ0n) is 10.1. The maximum atomic E-state index is 3.57. The second-order valence-electron chi connectivity index (χ2n) is 4.46. The molecule has 80 valence electrons. The van der Waals surface area contributed by atoms with Gasteiger partial charge in [-0.25, -0.2) is 0 Å². The van der Waals surface area contributed by atoms with E-state index >= 15 is 0 Å². The molecule has 0 spiro atoms. The highest BCUT2D eigenvalue weighted by Crippen LogP contribution is 2.00. The van der Waals surface area contributed by atoms with Gasteiger partial charge in [0.15, 0.2) is 0 Å². The molecule has 0 bridgehead atoms. The van der Waals surface area contributed by atoms with Crippen molar-refractivity contribution in [1.82, 2.24) is 10.2 Å². The summed E-state index contributed by atoms with van der Waals surface area (Å²) in [5.41, 5.74) is 0. The lowest BCUT2D eigenvalue weighted by molar-refractivity contribution is 0.233. The van der Waals surface area contributed by atoms with E-state index in [2.05, 4.69) is 51.9 Å². The minimum atomic E-state index is 0.588. The first kappa shape index (κ1) is 12.9. The fourth-order valence-electron chi connectivity index (χ4n) is 1.33. The van der Waals surface area contributed by atoms with Crippen LogP contribution in [0.15, 0.2) is 0 Å². The van der Waals surface area contributed by atoms with Crippen LogP contribution in [0.4, 0.5) is 0 Å². The Hall–Kier alpha value is -0.0800. The van der Waals surface area contributed by atoms with Crippen LogP contribution in [0.3, 0.4) is 0 Å². The molecule has 0 aliphatic carbocycles. The van der Waals surface area contributed by atoms with Crippen molar-refractivity contribution in [1.29, 1.82) is 0 Å². The first-order valence-electron chi connectivity index (χ1n) is 5.43. The SMILES string of the molecule is CCC(CN(C)C(C)C)NC(C)C. The highest BCUT2D eigenvalue weighted by molar-refractivity contribution is 4.72. The number of nitrogens with zero attached hydrogens (tertiary/aromatic N) is 1. The van der Waals surface area contributed by atoms with Crippen LogP contribution < -0.4 is 5.32 Å². The van der Waals surface area contributed by atoms with Crippen LogP contribution in [0.1, 0.15) is 41.0 Å². The normalized spacial score (nSPS) is 14.5. The van der Waals surface area contributed by atoms with Crippen LogP contribution in [0.25, 0.3) is 0 Å². The molecule has 0 aromatic heterocycles. The van der Waals surface area contributed by atoms with Crippen LogP contribution in [-0.4, -0.2) is 36.6 Å². The Labute approximate surface area is 83.7 Å². The number of rotatable bonds is 6. The molecule has 2 heteroatoms. The molecule has 0 saturated heterocycles.